The molecule has 0 aliphatic heterocycles. The van der Waals surface area contributed by atoms with Crippen LogP contribution in [0.4, 0.5) is 0 Å². The van der Waals surface area contributed by atoms with Crippen molar-refractivity contribution in [3.05, 3.63) is 83.4 Å². The molecular formula is C30H33N5O3S. The van der Waals surface area contributed by atoms with Gasteiger partial charge in [-0.3, -0.25) is 9.36 Å². The summed E-state index contributed by atoms with van der Waals surface area (Å²) in [6.45, 7) is 8.61. The molecule has 0 saturated heterocycles. The summed E-state index contributed by atoms with van der Waals surface area (Å²) in [6.07, 6.45) is 1.53. The predicted octanol–water partition coefficient (Wildman–Crippen LogP) is 5.80. The molecule has 4 aromatic rings. The van der Waals surface area contributed by atoms with Crippen molar-refractivity contribution in [1.82, 2.24) is 20.2 Å². The Labute approximate surface area is 233 Å². The van der Waals surface area contributed by atoms with Gasteiger partial charge in [0, 0.05) is 16.8 Å². The van der Waals surface area contributed by atoms with E-state index < -0.39 is 0 Å². The third-order valence-corrected chi connectivity index (χ3v) is 7.03. The molecule has 1 N–H and O–H groups in total. The predicted molar refractivity (Wildman–Crippen MR) is 156 cm³/mol. The van der Waals surface area contributed by atoms with Gasteiger partial charge in [-0.25, -0.2) is 5.43 Å². The van der Waals surface area contributed by atoms with Crippen molar-refractivity contribution in [2.45, 2.75) is 38.3 Å². The minimum atomic E-state index is -0.271. The van der Waals surface area contributed by atoms with E-state index in [-0.39, 0.29) is 17.1 Å². The highest BCUT2D eigenvalue weighted by molar-refractivity contribution is 7.99. The Balaban J connectivity index is 1.53. The lowest BCUT2D eigenvalue weighted by molar-refractivity contribution is -0.118. The van der Waals surface area contributed by atoms with Crippen LogP contribution < -0.4 is 14.9 Å². The van der Waals surface area contributed by atoms with E-state index in [0.717, 1.165) is 16.8 Å². The van der Waals surface area contributed by atoms with Crippen LogP contribution in [0.3, 0.4) is 0 Å². The van der Waals surface area contributed by atoms with Gasteiger partial charge in [-0.1, -0.05) is 74.5 Å². The topological polar surface area (TPSA) is 90.6 Å². The van der Waals surface area contributed by atoms with Crippen LogP contribution in [0.1, 0.15) is 37.5 Å². The number of hydrogen-bond acceptors (Lipinski definition) is 7. The summed E-state index contributed by atoms with van der Waals surface area (Å²) in [5.74, 6) is 1.84. The van der Waals surface area contributed by atoms with E-state index in [1.54, 1.807) is 32.4 Å². The summed E-state index contributed by atoms with van der Waals surface area (Å²) in [4.78, 5) is 12.6. The van der Waals surface area contributed by atoms with Gasteiger partial charge in [0.15, 0.2) is 11.0 Å². The van der Waals surface area contributed by atoms with Crippen LogP contribution in [0.15, 0.2) is 77.0 Å². The van der Waals surface area contributed by atoms with Gasteiger partial charge >= 0.3 is 0 Å². The number of hydrazone groups is 1. The van der Waals surface area contributed by atoms with Crippen molar-refractivity contribution in [3.63, 3.8) is 0 Å². The number of benzene rings is 3. The molecule has 0 atom stereocenters. The number of rotatable bonds is 9. The van der Waals surface area contributed by atoms with Crippen LogP contribution in [0.5, 0.6) is 11.5 Å². The molecule has 0 radical (unpaired) electrons. The molecule has 0 fully saturated rings. The van der Waals surface area contributed by atoms with Crippen LogP contribution in [-0.2, 0) is 10.2 Å². The zero-order chi connectivity index (χ0) is 28.0. The van der Waals surface area contributed by atoms with Gasteiger partial charge in [0.05, 0.1) is 26.2 Å². The second-order valence-corrected chi connectivity index (χ2v) is 10.9. The smallest absolute Gasteiger partial charge is 0.250 e. The van der Waals surface area contributed by atoms with Crippen LogP contribution >= 0.6 is 11.8 Å². The number of amides is 1. The quantitative estimate of drug-likeness (QED) is 0.163. The molecule has 0 bridgehead atoms. The number of aromatic nitrogens is 3. The monoisotopic (exact) mass is 543 g/mol. The molecule has 1 aromatic heterocycles. The van der Waals surface area contributed by atoms with Gasteiger partial charge in [0.2, 0.25) is 0 Å². The fourth-order valence-corrected chi connectivity index (χ4v) is 4.62. The minimum absolute atomic E-state index is 0.0533. The lowest BCUT2D eigenvalue weighted by atomic mass is 9.87. The molecule has 1 amide bonds. The molecule has 0 aliphatic rings. The Morgan fingerprint density at radius 2 is 1.72 bits per heavy atom. The Kier molecular flexibility index (Phi) is 8.71. The van der Waals surface area contributed by atoms with Crippen molar-refractivity contribution in [2.75, 3.05) is 20.0 Å². The Morgan fingerprint density at radius 1 is 1.00 bits per heavy atom. The van der Waals surface area contributed by atoms with E-state index in [9.17, 15) is 4.79 Å². The van der Waals surface area contributed by atoms with E-state index in [0.29, 0.717) is 28.0 Å². The molecule has 202 valence electrons. The summed E-state index contributed by atoms with van der Waals surface area (Å²) in [6, 6.07) is 21.9. The van der Waals surface area contributed by atoms with Gasteiger partial charge in [-0.05, 0) is 48.2 Å². The maximum atomic E-state index is 12.6. The summed E-state index contributed by atoms with van der Waals surface area (Å²) in [5, 5.41) is 13.6. The zero-order valence-corrected chi connectivity index (χ0v) is 23.9. The number of nitrogens with one attached hydrogen (secondary N) is 1. The minimum Gasteiger partial charge on any atom is -0.497 e. The first-order valence-electron chi connectivity index (χ1n) is 12.5. The first-order valence-corrected chi connectivity index (χ1v) is 13.5. The van der Waals surface area contributed by atoms with Crippen molar-refractivity contribution >= 4 is 23.9 Å². The maximum absolute atomic E-state index is 12.6. The number of thioether (sulfide) groups is 1. The Morgan fingerprint density at radius 3 is 2.36 bits per heavy atom. The number of ether oxygens (including phenoxy) is 2. The van der Waals surface area contributed by atoms with E-state index in [1.807, 2.05) is 35.8 Å². The molecule has 39 heavy (non-hydrogen) atoms. The van der Waals surface area contributed by atoms with Crippen LogP contribution in [0.25, 0.3) is 17.1 Å². The molecule has 1 heterocycles. The van der Waals surface area contributed by atoms with Crippen molar-refractivity contribution < 1.29 is 14.3 Å². The van der Waals surface area contributed by atoms with Crippen LogP contribution in [0, 0.1) is 6.92 Å². The largest absolute Gasteiger partial charge is 0.497 e. The molecule has 0 unspecified atom stereocenters. The lowest BCUT2D eigenvalue weighted by Gasteiger charge is -2.19. The maximum Gasteiger partial charge on any atom is 0.250 e. The molecule has 0 aliphatic carbocycles. The highest BCUT2D eigenvalue weighted by Crippen LogP contribution is 2.30. The van der Waals surface area contributed by atoms with Crippen LogP contribution in [0.2, 0.25) is 0 Å². The summed E-state index contributed by atoms with van der Waals surface area (Å²) < 4.78 is 12.6. The van der Waals surface area contributed by atoms with Crippen molar-refractivity contribution in [3.8, 4) is 28.6 Å². The highest BCUT2D eigenvalue weighted by atomic mass is 32.2. The number of carbonyl (C=O) groups excluding carboxylic acids is 1. The second-order valence-electron chi connectivity index (χ2n) is 9.99. The first kappa shape index (κ1) is 27.9. The molecular weight excluding hydrogens is 510 g/mol. The molecule has 3 aromatic carbocycles. The van der Waals surface area contributed by atoms with E-state index in [1.165, 1.54) is 23.5 Å². The lowest BCUT2D eigenvalue weighted by Crippen LogP contribution is -2.20. The third kappa shape index (κ3) is 6.86. The summed E-state index contributed by atoms with van der Waals surface area (Å²) in [5.41, 5.74) is 7.58. The molecule has 9 heteroatoms. The second kappa shape index (κ2) is 12.2. The van der Waals surface area contributed by atoms with Gasteiger partial charge < -0.3 is 9.47 Å². The molecule has 0 saturated carbocycles. The highest BCUT2D eigenvalue weighted by Gasteiger charge is 2.19. The number of methoxy groups -OCH3 is 2. The SMILES string of the molecule is COc1ccc(OC)c(/C=N\NC(=O)CSc2nnc(-c3ccc(C(C)(C)C)cc3)n2-c2ccc(C)cc2)c1. The average Bonchev–Trinajstić information content (AvgIpc) is 3.35. The fraction of sp³-hybridized carbons (Fsp3) is 0.267. The van der Waals surface area contributed by atoms with E-state index in [2.05, 4.69) is 65.8 Å². The number of carbonyl (C=O) groups is 1. The summed E-state index contributed by atoms with van der Waals surface area (Å²) in [7, 11) is 3.16. The van der Waals surface area contributed by atoms with Gasteiger partial charge in [-0.15, -0.1) is 10.2 Å². The number of nitrogens with zero attached hydrogens (tertiary/aromatic N) is 4. The number of aryl methyl sites for hydroxylation is 1. The van der Waals surface area contributed by atoms with Gasteiger partial charge in [0.1, 0.15) is 11.5 Å². The Bertz CT molecular complexity index is 1460. The standard InChI is InChI=1S/C30H33N5O3S/c1-20-7-13-24(14-8-20)35-28(21-9-11-23(12-10-21)30(2,3)4)33-34-29(35)39-19-27(36)32-31-18-22-17-25(37-5)15-16-26(22)38-6/h7-18H,19H2,1-6H3,(H,32,36)/b31-18-. The zero-order valence-electron chi connectivity index (χ0n) is 23.1. The van der Waals surface area contributed by atoms with Crippen molar-refractivity contribution in [1.29, 1.82) is 0 Å². The molecule has 0 spiro atoms. The van der Waals surface area contributed by atoms with Gasteiger partial charge in [-0.2, -0.15) is 5.10 Å². The van der Waals surface area contributed by atoms with Crippen molar-refractivity contribution in [2.24, 2.45) is 5.10 Å². The average molecular weight is 544 g/mol. The molecule has 4 rings (SSSR count). The van der Waals surface area contributed by atoms with Gasteiger partial charge in [0.25, 0.3) is 5.91 Å². The van der Waals surface area contributed by atoms with Crippen LogP contribution in [-0.4, -0.2) is 46.9 Å². The summed E-state index contributed by atoms with van der Waals surface area (Å²) >= 11 is 1.30. The number of hydrogen-bond donors (Lipinski definition) is 1. The van der Waals surface area contributed by atoms with E-state index >= 15 is 0 Å². The normalized spacial score (nSPS) is 11.5. The van der Waals surface area contributed by atoms with E-state index in [4.69, 9.17) is 9.47 Å². The fourth-order valence-electron chi connectivity index (χ4n) is 3.87. The first-order chi connectivity index (χ1) is 18.7. The third-order valence-electron chi connectivity index (χ3n) is 6.10. The molecule has 8 nitrogen and oxygen atoms in total. The Hall–Kier alpha value is -4.11.